The maximum atomic E-state index is 10.3. The second-order valence-electron chi connectivity index (χ2n) is 2.60. The number of likely N-dealkylation sites (tertiary alicyclic amines) is 1. The maximum absolute atomic E-state index is 10.3. The molecule has 0 aromatic rings. The van der Waals surface area contributed by atoms with Gasteiger partial charge in [0.05, 0.1) is 6.10 Å². The van der Waals surface area contributed by atoms with Gasteiger partial charge in [0.2, 0.25) is 6.41 Å². The van der Waals surface area contributed by atoms with E-state index in [0.717, 1.165) is 32.3 Å². The van der Waals surface area contributed by atoms with Crippen molar-refractivity contribution in [3.8, 4) is 0 Å². The van der Waals surface area contributed by atoms with E-state index in [2.05, 4.69) is 0 Å². The van der Waals surface area contributed by atoms with Crippen LogP contribution in [0.5, 0.6) is 0 Å². The summed E-state index contributed by atoms with van der Waals surface area (Å²) in [5.74, 6) is 0. The molecule has 0 aliphatic carbocycles. The highest BCUT2D eigenvalue weighted by molar-refractivity contribution is 5.47. The molecule has 1 amide bonds. The normalized spacial score (nSPS) is 26.5. The van der Waals surface area contributed by atoms with E-state index in [4.69, 9.17) is 4.74 Å². The Bertz CT molecular complexity index is 116. The van der Waals surface area contributed by atoms with Crippen molar-refractivity contribution >= 4 is 6.41 Å². The molecule has 10 heavy (non-hydrogen) atoms. The van der Waals surface area contributed by atoms with Gasteiger partial charge in [-0.25, -0.2) is 0 Å². The highest BCUT2D eigenvalue weighted by Gasteiger charge is 2.17. The fourth-order valence-electron chi connectivity index (χ4n) is 1.25. The molecule has 3 nitrogen and oxygen atoms in total. The largest absolute Gasteiger partial charge is 0.380 e. The van der Waals surface area contributed by atoms with Gasteiger partial charge in [0.25, 0.3) is 0 Å². The Hall–Kier alpha value is -0.570. The average molecular weight is 143 g/mol. The minimum Gasteiger partial charge on any atom is -0.380 e. The first-order valence-corrected chi connectivity index (χ1v) is 3.59. The molecule has 0 radical (unpaired) electrons. The Morgan fingerprint density at radius 3 is 3.10 bits per heavy atom. The summed E-state index contributed by atoms with van der Waals surface area (Å²) in [7, 11) is 1.69. The molecular formula is C7H13NO2. The van der Waals surface area contributed by atoms with Crippen LogP contribution in [-0.4, -0.2) is 37.6 Å². The summed E-state index contributed by atoms with van der Waals surface area (Å²) in [5, 5.41) is 0. The van der Waals surface area contributed by atoms with E-state index in [1.165, 1.54) is 0 Å². The van der Waals surface area contributed by atoms with Crippen molar-refractivity contribution < 1.29 is 9.53 Å². The van der Waals surface area contributed by atoms with Crippen LogP contribution in [0, 0.1) is 0 Å². The van der Waals surface area contributed by atoms with E-state index < -0.39 is 0 Å². The van der Waals surface area contributed by atoms with Crippen LogP contribution in [0.25, 0.3) is 0 Å². The SMILES string of the molecule is CO[C@@H]1CCCN(C=O)C1. The van der Waals surface area contributed by atoms with Gasteiger partial charge in [0, 0.05) is 20.2 Å². The topological polar surface area (TPSA) is 29.5 Å². The molecule has 0 spiro atoms. The third-order valence-corrected chi connectivity index (χ3v) is 1.89. The van der Waals surface area contributed by atoms with Crippen LogP contribution in [0.15, 0.2) is 0 Å². The fraction of sp³-hybridized carbons (Fsp3) is 0.857. The molecule has 1 saturated heterocycles. The lowest BCUT2D eigenvalue weighted by molar-refractivity contribution is -0.121. The number of ether oxygens (including phenoxy) is 1. The summed E-state index contributed by atoms with van der Waals surface area (Å²) in [6, 6.07) is 0. The number of carbonyl (C=O) groups excluding carboxylic acids is 1. The minimum atomic E-state index is 0.263. The lowest BCUT2D eigenvalue weighted by Crippen LogP contribution is -2.38. The zero-order valence-electron chi connectivity index (χ0n) is 6.25. The summed E-state index contributed by atoms with van der Waals surface area (Å²) < 4.78 is 5.12. The number of hydrogen-bond donors (Lipinski definition) is 0. The molecule has 58 valence electrons. The smallest absolute Gasteiger partial charge is 0.209 e. The monoisotopic (exact) mass is 143 g/mol. The van der Waals surface area contributed by atoms with E-state index in [1.807, 2.05) is 0 Å². The molecule has 1 fully saturated rings. The van der Waals surface area contributed by atoms with Gasteiger partial charge in [-0.3, -0.25) is 4.79 Å². The van der Waals surface area contributed by atoms with Crippen LogP contribution in [0.3, 0.4) is 0 Å². The Balaban J connectivity index is 2.31. The van der Waals surface area contributed by atoms with E-state index in [1.54, 1.807) is 12.0 Å². The van der Waals surface area contributed by atoms with Crippen LogP contribution in [0.4, 0.5) is 0 Å². The first-order chi connectivity index (χ1) is 4.86. The van der Waals surface area contributed by atoms with Gasteiger partial charge < -0.3 is 9.64 Å². The minimum absolute atomic E-state index is 0.263. The molecule has 0 aromatic carbocycles. The summed E-state index contributed by atoms with van der Waals surface area (Å²) in [5.41, 5.74) is 0. The Labute approximate surface area is 61.0 Å². The van der Waals surface area contributed by atoms with E-state index in [-0.39, 0.29) is 6.10 Å². The quantitative estimate of drug-likeness (QED) is 0.519. The number of piperidine rings is 1. The van der Waals surface area contributed by atoms with Crippen molar-refractivity contribution in [3.63, 3.8) is 0 Å². The predicted molar refractivity (Wildman–Crippen MR) is 37.7 cm³/mol. The standard InChI is InChI=1S/C7H13NO2/c1-10-7-3-2-4-8(5-7)6-9/h6-7H,2-5H2,1H3/t7-/m1/s1. The van der Waals surface area contributed by atoms with Crippen LogP contribution in [-0.2, 0) is 9.53 Å². The third kappa shape index (κ3) is 1.70. The van der Waals surface area contributed by atoms with Gasteiger partial charge in [-0.1, -0.05) is 0 Å². The van der Waals surface area contributed by atoms with Crippen molar-refractivity contribution in [1.82, 2.24) is 4.90 Å². The number of amides is 1. The molecule has 3 heteroatoms. The average Bonchev–Trinajstić information content (AvgIpc) is 2.05. The summed E-state index contributed by atoms with van der Waals surface area (Å²) >= 11 is 0. The van der Waals surface area contributed by atoms with E-state index >= 15 is 0 Å². The van der Waals surface area contributed by atoms with Crippen molar-refractivity contribution in [2.75, 3.05) is 20.2 Å². The molecule has 1 aliphatic heterocycles. The first kappa shape index (κ1) is 7.54. The first-order valence-electron chi connectivity index (χ1n) is 3.59. The van der Waals surface area contributed by atoms with Gasteiger partial charge in [-0.15, -0.1) is 0 Å². The number of nitrogens with zero attached hydrogens (tertiary/aromatic N) is 1. The van der Waals surface area contributed by atoms with Gasteiger partial charge >= 0.3 is 0 Å². The molecule has 0 unspecified atom stereocenters. The van der Waals surface area contributed by atoms with Crippen LogP contribution >= 0.6 is 0 Å². The van der Waals surface area contributed by atoms with E-state index in [0.29, 0.717) is 0 Å². The molecular weight excluding hydrogens is 130 g/mol. The molecule has 1 atom stereocenters. The number of hydrogen-bond acceptors (Lipinski definition) is 2. The second kappa shape index (κ2) is 3.56. The Morgan fingerprint density at radius 2 is 2.50 bits per heavy atom. The predicted octanol–water partition coefficient (Wildman–Crippen LogP) is 0.254. The van der Waals surface area contributed by atoms with Crippen LogP contribution in [0.1, 0.15) is 12.8 Å². The molecule has 1 aliphatic rings. The molecule has 0 N–H and O–H groups in total. The Morgan fingerprint density at radius 1 is 1.70 bits per heavy atom. The number of rotatable bonds is 2. The van der Waals surface area contributed by atoms with Crippen LogP contribution in [0.2, 0.25) is 0 Å². The Kier molecular flexibility index (Phi) is 2.68. The highest BCUT2D eigenvalue weighted by atomic mass is 16.5. The summed E-state index contributed by atoms with van der Waals surface area (Å²) in [4.78, 5) is 12.1. The van der Waals surface area contributed by atoms with Crippen molar-refractivity contribution in [2.24, 2.45) is 0 Å². The molecule has 0 aromatic heterocycles. The van der Waals surface area contributed by atoms with Crippen LogP contribution < -0.4 is 0 Å². The molecule has 1 heterocycles. The number of carbonyl (C=O) groups is 1. The van der Waals surface area contributed by atoms with Crippen molar-refractivity contribution in [3.05, 3.63) is 0 Å². The summed E-state index contributed by atoms with van der Waals surface area (Å²) in [6.45, 7) is 1.66. The third-order valence-electron chi connectivity index (χ3n) is 1.89. The van der Waals surface area contributed by atoms with Gasteiger partial charge in [-0.2, -0.15) is 0 Å². The molecule has 0 bridgehead atoms. The highest BCUT2D eigenvalue weighted by Crippen LogP contribution is 2.09. The lowest BCUT2D eigenvalue weighted by Gasteiger charge is -2.28. The zero-order valence-corrected chi connectivity index (χ0v) is 6.25. The maximum Gasteiger partial charge on any atom is 0.209 e. The fourth-order valence-corrected chi connectivity index (χ4v) is 1.25. The second-order valence-corrected chi connectivity index (χ2v) is 2.60. The van der Waals surface area contributed by atoms with Crippen molar-refractivity contribution in [2.45, 2.75) is 18.9 Å². The molecule has 0 saturated carbocycles. The van der Waals surface area contributed by atoms with E-state index in [9.17, 15) is 4.79 Å². The number of methoxy groups -OCH3 is 1. The van der Waals surface area contributed by atoms with Gasteiger partial charge in [0.15, 0.2) is 0 Å². The van der Waals surface area contributed by atoms with Gasteiger partial charge in [-0.05, 0) is 12.8 Å². The van der Waals surface area contributed by atoms with Crippen molar-refractivity contribution in [1.29, 1.82) is 0 Å². The summed E-state index contributed by atoms with van der Waals surface area (Å²) in [6.07, 6.45) is 3.31. The molecule has 1 rings (SSSR count). The zero-order chi connectivity index (χ0) is 7.40. The lowest BCUT2D eigenvalue weighted by atomic mass is 10.1. The van der Waals surface area contributed by atoms with Gasteiger partial charge in [0.1, 0.15) is 0 Å².